The Morgan fingerprint density at radius 2 is 1.52 bits per heavy atom. The first-order valence-electron chi connectivity index (χ1n) is 9.31. The first-order valence-corrected chi connectivity index (χ1v) is 9.31. The number of hydrogen-bond donors (Lipinski definition) is 2. The molecule has 0 spiro atoms. The molecule has 0 aromatic heterocycles. The molecule has 1 fully saturated rings. The van der Waals surface area contributed by atoms with Crippen LogP contribution < -0.4 is 24.8 Å². The Kier molecular flexibility index (Phi) is 7.70. The van der Waals surface area contributed by atoms with Gasteiger partial charge in [0.25, 0.3) is 0 Å². The summed E-state index contributed by atoms with van der Waals surface area (Å²) in [4.78, 5) is 12.3. The van der Waals surface area contributed by atoms with Gasteiger partial charge in [0, 0.05) is 18.2 Å². The molecule has 1 aromatic carbocycles. The summed E-state index contributed by atoms with van der Waals surface area (Å²) in [7, 11) is 0. The van der Waals surface area contributed by atoms with E-state index in [1.165, 1.54) is 19.3 Å². The minimum absolute atomic E-state index is 0.194. The quantitative estimate of drug-likeness (QED) is 0.732. The number of anilines is 1. The zero-order valence-electron chi connectivity index (χ0n) is 15.5. The first-order chi connectivity index (χ1) is 12.2. The van der Waals surface area contributed by atoms with Gasteiger partial charge in [-0.3, -0.25) is 0 Å². The second-order valence-corrected chi connectivity index (χ2v) is 6.03. The highest BCUT2D eigenvalue weighted by Crippen LogP contribution is 2.40. The van der Waals surface area contributed by atoms with Gasteiger partial charge < -0.3 is 24.8 Å². The Labute approximate surface area is 150 Å². The molecule has 1 saturated carbocycles. The average molecular weight is 350 g/mol. The molecule has 1 aliphatic carbocycles. The fourth-order valence-electron chi connectivity index (χ4n) is 3.06. The molecule has 0 unspecified atom stereocenters. The van der Waals surface area contributed by atoms with Gasteiger partial charge in [-0.05, 0) is 33.6 Å². The molecule has 6 nitrogen and oxygen atoms in total. The highest BCUT2D eigenvalue weighted by Gasteiger charge is 2.18. The molecule has 140 valence electrons. The number of hydrogen-bond acceptors (Lipinski definition) is 4. The zero-order valence-corrected chi connectivity index (χ0v) is 15.5. The van der Waals surface area contributed by atoms with Gasteiger partial charge >= 0.3 is 6.03 Å². The van der Waals surface area contributed by atoms with Gasteiger partial charge in [-0.1, -0.05) is 19.3 Å². The number of carbonyl (C=O) groups excluding carboxylic acids is 1. The Balaban J connectivity index is 2.13. The number of ether oxygens (including phenoxy) is 3. The highest BCUT2D eigenvalue weighted by atomic mass is 16.5. The van der Waals surface area contributed by atoms with Crippen LogP contribution in [0.15, 0.2) is 12.1 Å². The van der Waals surface area contributed by atoms with Crippen LogP contribution in [-0.2, 0) is 0 Å². The van der Waals surface area contributed by atoms with E-state index < -0.39 is 0 Å². The van der Waals surface area contributed by atoms with Crippen LogP contribution in [0.25, 0.3) is 0 Å². The first kappa shape index (κ1) is 19.2. The van der Waals surface area contributed by atoms with E-state index in [1.807, 2.05) is 20.8 Å². The Morgan fingerprint density at radius 3 is 2.04 bits per heavy atom. The van der Waals surface area contributed by atoms with Crippen molar-refractivity contribution >= 4 is 11.7 Å². The second-order valence-electron chi connectivity index (χ2n) is 6.03. The van der Waals surface area contributed by atoms with E-state index in [-0.39, 0.29) is 12.1 Å². The van der Waals surface area contributed by atoms with Crippen LogP contribution in [0.1, 0.15) is 52.9 Å². The van der Waals surface area contributed by atoms with Crippen LogP contribution in [0.4, 0.5) is 10.5 Å². The van der Waals surface area contributed by atoms with Crippen molar-refractivity contribution in [2.45, 2.75) is 58.9 Å². The van der Waals surface area contributed by atoms with Crippen molar-refractivity contribution in [2.24, 2.45) is 0 Å². The number of benzene rings is 1. The van der Waals surface area contributed by atoms with Crippen LogP contribution in [0, 0.1) is 0 Å². The van der Waals surface area contributed by atoms with E-state index in [0.717, 1.165) is 12.8 Å². The lowest BCUT2D eigenvalue weighted by molar-refractivity contribution is 0.244. The van der Waals surface area contributed by atoms with Crippen molar-refractivity contribution < 1.29 is 19.0 Å². The molecular weight excluding hydrogens is 320 g/mol. The number of amides is 2. The third-order valence-corrected chi connectivity index (χ3v) is 4.11. The fourth-order valence-corrected chi connectivity index (χ4v) is 3.06. The normalized spacial score (nSPS) is 14.7. The van der Waals surface area contributed by atoms with Crippen LogP contribution in [0.5, 0.6) is 17.2 Å². The van der Waals surface area contributed by atoms with Crippen LogP contribution in [0.2, 0.25) is 0 Å². The van der Waals surface area contributed by atoms with E-state index in [9.17, 15) is 4.79 Å². The summed E-state index contributed by atoms with van der Waals surface area (Å²) in [5, 5.41) is 5.94. The summed E-state index contributed by atoms with van der Waals surface area (Å²) in [5.74, 6) is 1.72. The molecule has 1 aromatic rings. The molecule has 0 bridgehead atoms. The topological polar surface area (TPSA) is 68.8 Å². The molecule has 0 saturated heterocycles. The number of rotatable bonds is 8. The molecule has 0 aliphatic heterocycles. The summed E-state index contributed by atoms with van der Waals surface area (Å²) >= 11 is 0. The lowest BCUT2D eigenvalue weighted by atomic mass is 9.96. The molecule has 0 heterocycles. The lowest BCUT2D eigenvalue weighted by Gasteiger charge is -2.23. The third-order valence-electron chi connectivity index (χ3n) is 4.11. The minimum Gasteiger partial charge on any atom is -0.490 e. The van der Waals surface area contributed by atoms with Crippen molar-refractivity contribution in [2.75, 3.05) is 25.1 Å². The van der Waals surface area contributed by atoms with E-state index in [0.29, 0.717) is 42.8 Å². The van der Waals surface area contributed by atoms with Crippen LogP contribution in [0.3, 0.4) is 0 Å². The molecule has 0 atom stereocenters. The average Bonchev–Trinajstić information content (AvgIpc) is 2.59. The Hall–Kier alpha value is -2.11. The van der Waals surface area contributed by atoms with Gasteiger partial charge in [-0.25, -0.2) is 4.79 Å². The number of carbonyl (C=O) groups is 1. The van der Waals surface area contributed by atoms with Gasteiger partial charge in [-0.15, -0.1) is 0 Å². The monoisotopic (exact) mass is 350 g/mol. The second kappa shape index (κ2) is 10.0. The van der Waals surface area contributed by atoms with Crippen molar-refractivity contribution in [3.63, 3.8) is 0 Å². The maximum atomic E-state index is 12.3. The van der Waals surface area contributed by atoms with Gasteiger partial charge in [0.1, 0.15) is 0 Å². The van der Waals surface area contributed by atoms with Crippen molar-refractivity contribution in [1.82, 2.24) is 5.32 Å². The summed E-state index contributed by atoms with van der Waals surface area (Å²) in [6.07, 6.45) is 5.71. The SMILES string of the molecule is CCOc1cc(NC(=O)NC2CCCCC2)cc(OCC)c1OCC. The molecule has 2 N–H and O–H groups in total. The van der Waals surface area contributed by atoms with E-state index >= 15 is 0 Å². The molecule has 2 rings (SSSR count). The largest absolute Gasteiger partial charge is 0.490 e. The minimum atomic E-state index is -0.194. The molecule has 2 amide bonds. The lowest BCUT2D eigenvalue weighted by Crippen LogP contribution is -2.39. The van der Waals surface area contributed by atoms with Crippen LogP contribution >= 0.6 is 0 Å². The summed E-state index contributed by atoms with van der Waals surface area (Å²) in [6.45, 7) is 7.25. The number of nitrogens with one attached hydrogen (secondary N) is 2. The van der Waals surface area contributed by atoms with E-state index in [1.54, 1.807) is 12.1 Å². The highest BCUT2D eigenvalue weighted by molar-refractivity contribution is 5.90. The van der Waals surface area contributed by atoms with Gasteiger partial charge in [-0.2, -0.15) is 0 Å². The van der Waals surface area contributed by atoms with Crippen molar-refractivity contribution in [3.8, 4) is 17.2 Å². The molecule has 1 aliphatic rings. The smallest absolute Gasteiger partial charge is 0.319 e. The molecule has 0 radical (unpaired) electrons. The fraction of sp³-hybridized carbons (Fsp3) is 0.632. The van der Waals surface area contributed by atoms with Crippen molar-refractivity contribution in [3.05, 3.63) is 12.1 Å². The van der Waals surface area contributed by atoms with Gasteiger partial charge in [0.05, 0.1) is 25.5 Å². The summed E-state index contributed by atoms with van der Waals surface area (Å²) in [5.41, 5.74) is 0.628. The van der Waals surface area contributed by atoms with Gasteiger partial charge in [0.2, 0.25) is 5.75 Å². The predicted molar refractivity (Wildman–Crippen MR) is 99.0 cm³/mol. The van der Waals surface area contributed by atoms with Gasteiger partial charge in [0.15, 0.2) is 11.5 Å². The molecular formula is C19H30N2O4. The maximum absolute atomic E-state index is 12.3. The van der Waals surface area contributed by atoms with E-state index in [2.05, 4.69) is 10.6 Å². The Bertz CT molecular complexity index is 529. The number of urea groups is 1. The zero-order chi connectivity index (χ0) is 18.1. The Morgan fingerprint density at radius 1 is 0.960 bits per heavy atom. The molecule has 6 heteroatoms. The third kappa shape index (κ3) is 5.73. The summed E-state index contributed by atoms with van der Waals surface area (Å²) in [6, 6.07) is 3.62. The van der Waals surface area contributed by atoms with E-state index in [4.69, 9.17) is 14.2 Å². The predicted octanol–water partition coefficient (Wildman–Crippen LogP) is 4.34. The van der Waals surface area contributed by atoms with Crippen LogP contribution in [-0.4, -0.2) is 31.9 Å². The maximum Gasteiger partial charge on any atom is 0.319 e. The summed E-state index contributed by atoms with van der Waals surface area (Å²) < 4.78 is 17.0. The molecule has 25 heavy (non-hydrogen) atoms. The van der Waals surface area contributed by atoms with Crippen molar-refractivity contribution in [1.29, 1.82) is 0 Å². The standard InChI is InChI=1S/C19H30N2O4/c1-4-23-16-12-15(13-17(24-5-2)18(16)25-6-3)21-19(22)20-14-10-8-7-9-11-14/h12-14H,4-11H2,1-3H3,(H2,20,21,22).